The normalized spacial score (nSPS) is 10.2. The molecule has 6 heteroatoms. The number of methoxy groups -OCH3 is 1. The van der Waals surface area contributed by atoms with E-state index in [0.717, 1.165) is 18.5 Å². The van der Waals surface area contributed by atoms with Gasteiger partial charge in [-0.2, -0.15) is 0 Å². The van der Waals surface area contributed by atoms with E-state index in [2.05, 4.69) is 9.97 Å². The fourth-order valence-corrected chi connectivity index (χ4v) is 1.42. The molecule has 1 aromatic heterocycles. The van der Waals surface area contributed by atoms with Gasteiger partial charge in [0.25, 0.3) is 0 Å². The minimum Gasteiger partial charge on any atom is -0.481 e. The van der Waals surface area contributed by atoms with Crippen LogP contribution in [0.5, 0.6) is 5.88 Å². The molecule has 92 valence electrons. The number of ketones is 1. The van der Waals surface area contributed by atoms with Crippen LogP contribution in [0.1, 0.15) is 16.1 Å². The van der Waals surface area contributed by atoms with Crippen molar-refractivity contribution >= 4 is 5.78 Å². The Morgan fingerprint density at radius 1 is 1.22 bits per heavy atom. The summed E-state index contributed by atoms with van der Waals surface area (Å²) < 4.78 is 31.7. The van der Waals surface area contributed by atoms with E-state index in [4.69, 9.17) is 4.74 Å². The fraction of sp³-hybridized carbons (Fsp3) is 0.0833. The van der Waals surface area contributed by atoms with Crippen LogP contribution in [-0.2, 0) is 0 Å². The molecule has 2 aromatic rings. The lowest BCUT2D eigenvalue weighted by molar-refractivity contribution is 0.102. The van der Waals surface area contributed by atoms with Gasteiger partial charge in [0, 0.05) is 6.07 Å². The average molecular weight is 250 g/mol. The molecular weight excluding hydrogens is 242 g/mol. The molecule has 0 saturated carbocycles. The van der Waals surface area contributed by atoms with Gasteiger partial charge in [-0.3, -0.25) is 4.79 Å². The van der Waals surface area contributed by atoms with Gasteiger partial charge in [-0.25, -0.2) is 18.7 Å². The van der Waals surface area contributed by atoms with Crippen molar-refractivity contribution in [2.24, 2.45) is 0 Å². The van der Waals surface area contributed by atoms with E-state index in [9.17, 15) is 13.6 Å². The van der Waals surface area contributed by atoms with E-state index >= 15 is 0 Å². The third-order valence-corrected chi connectivity index (χ3v) is 2.27. The van der Waals surface area contributed by atoms with E-state index in [0.29, 0.717) is 0 Å². The van der Waals surface area contributed by atoms with E-state index in [1.165, 1.54) is 19.2 Å². The molecule has 0 amide bonds. The Hall–Kier alpha value is -2.37. The highest BCUT2D eigenvalue weighted by atomic mass is 19.1. The Bertz CT molecular complexity index is 582. The van der Waals surface area contributed by atoms with Gasteiger partial charge in [0.15, 0.2) is 0 Å². The van der Waals surface area contributed by atoms with Gasteiger partial charge in [-0.05, 0) is 12.1 Å². The highest BCUT2D eigenvalue weighted by Crippen LogP contribution is 2.17. The number of carbonyl (C=O) groups excluding carboxylic acids is 1. The molecule has 0 saturated heterocycles. The minimum absolute atomic E-state index is 0.133. The molecule has 2 rings (SSSR count). The Kier molecular flexibility index (Phi) is 3.27. The molecule has 0 radical (unpaired) electrons. The molecule has 1 heterocycles. The Balaban J connectivity index is 2.48. The molecule has 0 unspecified atom stereocenters. The summed E-state index contributed by atoms with van der Waals surface area (Å²) in [6, 6.07) is 4.42. The van der Waals surface area contributed by atoms with Crippen molar-refractivity contribution in [1.29, 1.82) is 0 Å². The second kappa shape index (κ2) is 4.87. The van der Waals surface area contributed by atoms with Crippen molar-refractivity contribution in [2.75, 3.05) is 7.11 Å². The molecule has 0 bridgehead atoms. The number of halogens is 2. The molecule has 0 aliphatic carbocycles. The van der Waals surface area contributed by atoms with E-state index in [1.807, 2.05) is 0 Å². The van der Waals surface area contributed by atoms with Crippen molar-refractivity contribution in [3.8, 4) is 5.88 Å². The molecule has 0 fully saturated rings. The molecule has 0 spiro atoms. The predicted molar refractivity (Wildman–Crippen MR) is 58.4 cm³/mol. The van der Waals surface area contributed by atoms with Crippen molar-refractivity contribution in [1.82, 2.24) is 9.97 Å². The van der Waals surface area contributed by atoms with E-state index < -0.39 is 23.0 Å². The highest BCUT2D eigenvalue weighted by Gasteiger charge is 2.20. The Labute approximate surface area is 101 Å². The van der Waals surface area contributed by atoms with Gasteiger partial charge >= 0.3 is 0 Å². The first-order valence-corrected chi connectivity index (χ1v) is 4.98. The zero-order valence-electron chi connectivity index (χ0n) is 9.35. The summed E-state index contributed by atoms with van der Waals surface area (Å²) in [6.45, 7) is 0. The first-order chi connectivity index (χ1) is 8.63. The van der Waals surface area contributed by atoms with Crippen molar-refractivity contribution in [2.45, 2.75) is 0 Å². The lowest BCUT2D eigenvalue weighted by atomic mass is 10.1. The van der Waals surface area contributed by atoms with Gasteiger partial charge in [0.2, 0.25) is 11.7 Å². The molecule has 0 N–H and O–H groups in total. The zero-order chi connectivity index (χ0) is 13.1. The molecule has 0 aliphatic rings. The molecule has 0 atom stereocenters. The quantitative estimate of drug-likeness (QED) is 0.782. The zero-order valence-corrected chi connectivity index (χ0v) is 9.35. The molecule has 4 nitrogen and oxygen atoms in total. The first-order valence-electron chi connectivity index (χ1n) is 4.98. The maximum Gasteiger partial charge on any atom is 0.217 e. The summed E-state index contributed by atoms with van der Waals surface area (Å²) in [5.41, 5.74) is -0.774. The monoisotopic (exact) mass is 250 g/mol. The molecular formula is C12H8F2N2O2. The lowest BCUT2D eigenvalue weighted by Gasteiger charge is -2.04. The Morgan fingerprint density at radius 2 is 1.89 bits per heavy atom. The van der Waals surface area contributed by atoms with Crippen LogP contribution in [-0.4, -0.2) is 22.9 Å². The van der Waals surface area contributed by atoms with Crippen LogP contribution in [0, 0.1) is 11.6 Å². The second-order valence-corrected chi connectivity index (χ2v) is 3.37. The number of nitrogens with zero attached hydrogens (tertiary/aromatic N) is 2. The minimum atomic E-state index is -0.933. The number of hydrogen-bond acceptors (Lipinski definition) is 4. The van der Waals surface area contributed by atoms with Gasteiger partial charge < -0.3 is 4.74 Å². The summed E-state index contributed by atoms with van der Waals surface area (Å²) >= 11 is 0. The summed E-state index contributed by atoms with van der Waals surface area (Å²) in [7, 11) is 1.36. The standard InChI is InChI=1S/C12H8F2N2O2/c1-18-10-5-9(15-6-16-10)12(17)11-7(13)3-2-4-8(11)14/h2-6H,1H3. The summed E-state index contributed by atoms with van der Waals surface area (Å²) in [5.74, 6) is -2.58. The van der Waals surface area contributed by atoms with E-state index in [-0.39, 0.29) is 11.6 Å². The summed E-state index contributed by atoms with van der Waals surface area (Å²) in [6.07, 6.45) is 1.09. The second-order valence-electron chi connectivity index (χ2n) is 3.37. The summed E-state index contributed by atoms with van der Waals surface area (Å²) in [4.78, 5) is 19.3. The van der Waals surface area contributed by atoms with Gasteiger partial charge in [-0.1, -0.05) is 6.07 Å². The maximum absolute atomic E-state index is 13.4. The van der Waals surface area contributed by atoms with Crippen LogP contribution < -0.4 is 4.74 Å². The van der Waals surface area contributed by atoms with Gasteiger partial charge in [0.1, 0.15) is 23.7 Å². The van der Waals surface area contributed by atoms with Crippen molar-refractivity contribution in [3.05, 3.63) is 53.5 Å². The molecule has 1 aromatic carbocycles. The number of hydrogen-bond donors (Lipinski definition) is 0. The largest absolute Gasteiger partial charge is 0.481 e. The average Bonchev–Trinajstić information content (AvgIpc) is 2.38. The number of benzene rings is 1. The number of carbonyl (C=O) groups is 1. The topological polar surface area (TPSA) is 52.1 Å². The van der Waals surface area contributed by atoms with Crippen LogP contribution in [0.2, 0.25) is 0 Å². The van der Waals surface area contributed by atoms with Crippen LogP contribution >= 0.6 is 0 Å². The third-order valence-electron chi connectivity index (χ3n) is 2.27. The Morgan fingerprint density at radius 3 is 2.50 bits per heavy atom. The number of rotatable bonds is 3. The van der Waals surface area contributed by atoms with Crippen LogP contribution in [0.25, 0.3) is 0 Å². The van der Waals surface area contributed by atoms with Crippen LogP contribution in [0.4, 0.5) is 8.78 Å². The van der Waals surface area contributed by atoms with Crippen LogP contribution in [0.15, 0.2) is 30.6 Å². The third kappa shape index (κ3) is 2.17. The van der Waals surface area contributed by atoms with Crippen molar-refractivity contribution < 1.29 is 18.3 Å². The SMILES string of the molecule is COc1cc(C(=O)c2c(F)cccc2F)ncn1. The highest BCUT2D eigenvalue weighted by molar-refractivity contribution is 6.08. The molecule has 0 aliphatic heterocycles. The number of ether oxygens (including phenoxy) is 1. The number of aromatic nitrogens is 2. The maximum atomic E-state index is 13.4. The van der Waals surface area contributed by atoms with Crippen molar-refractivity contribution in [3.63, 3.8) is 0 Å². The lowest BCUT2D eigenvalue weighted by Crippen LogP contribution is -2.09. The van der Waals surface area contributed by atoms with Crippen LogP contribution in [0.3, 0.4) is 0 Å². The van der Waals surface area contributed by atoms with Gasteiger partial charge in [-0.15, -0.1) is 0 Å². The first kappa shape index (κ1) is 12.1. The fourth-order valence-electron chi connectivity index (χ4n) is 1.42. The smallest absolute Gasteiger partial charge is 0.217 e. The van der Waals surface area contributed by atoms with Gasteiger partial charge in [0.05, 0.1) is 12.7 Å². The van der Waals surface area contributed by atoms with E-state index in [1.54, 1.807) is 0 Å². The summed E-state index contributed by atoms with van der Waals surface area (Å²) in [5, 5.41) is 0. The molecule has 18 heavy (non-hydrogen) atoms. The predicted octanol–water partition coefficient (Wildman–Crippen LogP) is 1.99.